The van der Waals surface area contributed by atoms with Crippen molar-refractivity contribution in [1.29, 1.82) is 0 Å². The molecule has 0 fully saturated rings. The van der Waals surface area contributed by atoms with E-state index in [1.165, 1.54) is 17.1 Å². The molecule has 0 spiro atoms. The molecule has 1 aromatic heterocycles. The number of aliphatic hydroxyl groups is 1. The van der Waals surface area contributed by atoms with Crippen molar-refractivity contribution in [2.75, 3.05) is 13.2 Å². The number of benzene rings is 1. The van der Waals surface area contributed by atoms with Gasteiger partial charge in [-0.1, -0.05) is 0 Å². The van der Waals surface area contributed by atoms with Gasteiger partial charge in [0.05, 0.1) is 36.3 Å². The summed E-state index contributed by atoms with van der Waals surface area (Å²) in [6, 6.07) is 0.685. The zero-order valence-corrected chi connectivity index (χ0v) is 14.0. The third-order valence-electron chi connectivity index (χ3n) is 3.76. The quantitative estimate of drug-likeness (QED) is 0.792. The number of alkyl halides is 6. The van der Waals surface area contributed by atoms with Gasteiger partial charge < -0.3 is 14.6 Å². The maximum Gasteiger partial charge on any atom is 0.416 e. The first kappa shape index (κ1) is 20.7. The summed E-state index contributed by atoms with van der Waals surface area (Å²) in [5.41, 5.74) is -3.44. The number of amides is 1. The standard InChI is InChI=1S/C16H15F6N3O2/c1-24-9-23-7-13(24)8-25(2-3-26)14(27)10-4-11(15(17,18)19)6-12(5-10)16(20,21)22/h4-7,9,26H,2-3,8H2,1H3. The van der Waals surface area contributed by atoms with Gasteiger partial charge in [-0.15, -0.1) is 0 Å². The first-order chi connectivity index (χ1) is 12.4. The number of imidazole rings is 1. The number of aliphatic hydroxyl groups excluding tert-OH is 1. The van der Waals surface area contributed by atoms with Gasteiger partial charge in [-0.25, -0.2) is 4.98 Å². The molecule has 1 heterocycles. The summed E-state index contributed by atoms with van der Waals surface area (Å²) in [5.74, 6) is -1.07. The Labute approximate surface area is 149 Å². The molecule has 2 aromatic rings. The molecule has 0 aliphatic rings. The second-order valence-corrected chi connectivity index (χ2v) is 5.74. The van der Waals surface area contributed by atoms with Gasteiger partial charge in [-0.3, -0.25) is 4.79 Å². The molecule has 1 aromatic carbocycles. The number of carbonyl (C=O) groups excluding carboxylic acids is 1. The Bertz CT molecular complexity index is 781. The highest BCUT2D eigenvalue weighted by Gasteiger charge is 2.38. The van der Waals surface area contributed by atoms with Gasteiger partial charge in [-0.05, 0) is 18.2 Å². The highest BCUT2D eigenvalue weighted by molar-refractivity contribution is 5.94. The average molecular weight is 395 g/mol. The van der Waals surface area contributed by atoms with Gasteiger partial charge in [0.15, 0.2) is 0 Å². The monoisotopic (exact) mass is 395 g/mol. The van der Waals surface area contributed by atoms with E-state index < -0.39 is 41.6 Å². The van der Waals surface area contributed by atoms with E-state index in [1.807, 2.05) is 0 Å². The lowest BCUT2D eigenvalue weighted by molar-refractivity contribution is -0.143. The zero-order valence-electron chi connectivity index (χ0n) is 14.0. The number of halogens is 6. The molecule has 0 aliphatic carbocycles. The molecular weight excluding hydrogens is 380 g/mol. The van der Waals surface area contributed by atoms with Crippen molar-refractivity contribution in [1.82, 2.24) is 14.5 Å². The maximum atomic E-state index is 13.0. The van der Waals surface area contributed by atoms with Crippen LogP contribution in [0.5, 0.6) is 0 Å². The fourth-order valence-corrected chi connectivity index (χ4v) is 2.37. The Morgan fingerprint density at radius 3 is 2.07 bits per heavy atom. The predicted octanol–water partition coefficient (Wildman–Crippen LogP) is 3.09. The third-order valence-corrected chi connectivity index (χ3v) is 3.76. The maximum absolute atomic E-state index is 13.0. The second-order valence-electron chi connectivity index (χ2n) is 5.74. The minimum Gasteiger partial charge on any atom is -0.395 e. The lowest BCUT2D eigenvalue weighted by Gasteiger charge is -2.23. The van der Waals surface area contributed by atoms with Crippen LogP contribution in [0.4, 0.5) is 26.3 Å². The summed E-state index contributed by atoms with van der Waals surface area (Å²) in [4.78, 5) is 17.4. The van der Waals surface area contributed by atoms with Gasteiger partial charge in [0.2, 0.25) is 0 Å². The van der Waals surface area contributed by atoms with Crippen molar-refractivity contribution in [3.63, 3.8) is 0 Å². The van der Waals surface area contributed by atoms with E-state index >= 15 is 0 Å². The Balaban J connectivity index is 2.46. The van der Waals surface area contributed by atoms with E-state index in [2.05, 4.69) is 4.98 Å². The summed E-state index contributed by atoms with van der Waals surface area (Å²) in [6.07, 6.45) is -7.30. The molecule has 0 atom stereocenters. The zero-order chi connectivity index (χ0) is 20.4. The van der Waals surface area contributed by atoms with Crippen LogP contribution in [0.1, 0.15) is 27.2 Å². The Morgan fingerprint density at radius 1 is 1.11 bits per heavy atom. The predicted molar refractivity (Wildman–Crippen MR) is 81.5 cm³/mol. The van der Waals surface area contributed by atoms with E-state index in [9.17, 15) is 31.1 Å². The van der Waals surface area contributed by atoms with Gasteiger partial charge >= 0.3 is 12.4 Å². The Hall–Kier alpha value is -2.56. The third kappa shape index (κ3) is 5.00. The van der Waals surface area contributed by atoms with Crippen LogP contribution in [0, 0.1) is 0 Å². The molecule has 1 amide bonds. The Morgan fingerprint density at radius 2 is 1.67 bits per heavy atom. The number of carbonyl (C=O) groups is 1. The van der Waals surface area contributed by atoms with Gasteiger partial charge in [0.1, 0.15) is 0 Å². The number of nitrogens with zero attached hydrogens (tertiary/aromatic N) is 3. The molecule has 27 heavy (non-hydrogen) atoms. The fraction of sp³-hybridized carbons (Fsp3) is 0.375. The van der Waals surface area contributed by atoms with Crippen LogP contribution in [0.3, 0.4) is 0 Å². The van der Waals surface area contributed by atoms with Crippen molar-refractivity contribution in [3.8, 4) is 0 Å². The van der Waals surface area contributed by atoms with Crippen molar-refractivity contribution in [3.05, 3.63) is 53.1 Å². The summed E-state index contributed by atoms with van der Waals surface area (Å²) in [6.45, 7) is -0.941. The van der Waals surface area contributed by atoms with Crippen molar-refractivity contribution < 1.29 is 36.2 Å². The minimum atomic E-state index is -5.06. The molecule has 1 N–H and O–H groups in total. The molecule has 148 valence electrons. The lowest BCUT2D eigenvalue weighted by atomic mass is 10.0. The molecule has 0 bridgehead atoms. The molecule has 0 aliphatic heterocycles. The summed E-state index contributed by atoms with van der Waals surface area (Å²) in [7, 11) is 1.61. The molecule has 5 nitrogen and oxygen atoms in total. The molecular formula is C16H15F6N3O2. The van der Waals surface area contributed by atoms with Gasteiger partial charge in [0, 0.05) is 25.4 Å². The van der Waals surface area contributed by atoms with E-state index in [-0.39, 0.29) is 19.2 Å². The second kappa shape index (κ2) is 7.59. The fourth-order valence-electron chi connectivity index (χ4n) is 2.37. The SMILES string of the molecule is Cn1cncc1CN(CCO)C(=O)c1cc(C(F)(F)F)cc(C(F)(F)F)c1. The van der Waals surface area contributed by atoms with E-state index in [0.717, 1.165) is 4.90 Å². The number of aryl methyl sites for hydroxylation is 1. The van der Waals surface area contributed by atoms with Gasteiger partial charge in [-0.2, -0.15) is 26.3 Å². The lowest BCUT2D eigenvalue weighted by Crippen LogP contribution is -2.34. The van der Waals surface area contributed by atoms with Gasteiger partial charge in [0.25, 0.3) is 5.91 Å². The Kier molecular flexibility index (Phi) is 5.83. The normalized spacial score (nSPS) is 12.3. The topological polar surface area (TPSA) is 58.4 Å². The molecule has 0 unspecified atom stereocenters. The summed E-state index contributed by atoms with van der Waals surface area (Å²) < 4.78 is 79.3. The molecule has 0 saturated heterocycles. The number of rotatable bonds is 5. The van der Waals surface area contributed by atoms with Crippen molar-refractivity contribution in [2.45, 2.75) is 18.9 Å². The first-order valence-corrected chi connectivity index (χ1v) is 7.58. The van der Waals surface area contributed by atoms with Crippen LogP contribution in [-0.4, -0.2) is 38.6 Å². The summed E-state index contributed by atoms with van der Waals surface area (Å²) >= 11 is 0. The first-order valence-electron chi connectivity index (χ1n) is 7.58. The highest BCUT2D eigenvalue weighted by Crippen LogP contribution is 2.36. The minimum absolute atomic E-state index is 0.0473. The van der Waals surface area contributed by atoms with E-state index in [1.54, 1.807) is 7.05 Å². The number of aromatic nitrogens is 2. The largest absolute Gasteiger partial charge is 0.416 e. The van der Waals surface area contributed by atoms with Crippen LogP contribution >= 0.6 is 0 Å². The molecule has 0 radical (unpaired) electrons. The highest BCUT2D eigenvalue weighted by atomic mass is 19.4. The van der Waals surface area contributed by atoms with Crippen molar-refractivity contribution >= 4 is 5.91 Å². The van der Waals surface area contributed by atoms with Crippen LogP contribution in [0.25, 0.3) is 0 Å². The van der Waals surface area contributed by atoms with Crippen molar-refractivity contribution in [2.24, 2.45) is 7.05 Å². The molecule has 2 rings (SSSR count). The van der Waals surface area contributed by atoms with Crippen LogP contribution < -0.4 is 0 Å². The van der Waals surface area contributed by atoms with Crippen LogP contribution in [0.15, 0.2) is 30.7 Å². The average Bonchev–Trinajstić information content (AvgIpc) is 2.96. The molecule has 11 heteroatoms. The number of hydrogen-bond donors (Lipinski definition) is 1. The van der Waals surface area contributed by atoms with E-state index in [0.29, 0.717) is 17.8 Å². The van der Waals surface area contributed by atoms with Crippen LogP contribution in [-0.2, 0) is 25.9 Å². The number of hydrogen-bond acceptors (Lipinski definition) is 3. The summed E-state index contributed by atoms with van der Waals surface area (Å²) in [5, 5.41) is 9.12. The molecule has 0 saturated carbocycles. The van der Waals surface area contributed by atoms with Crippen LogP contribution in [0.2, 0.25) is 0 Å². The van der Waals surface area contributed by atoms with E-state index in [4.69, 9.17) is 5.11 Å². The smallest absolute Gasteiger partial charge is 0.395 e.